The number of fused-ring (bicyclic) bond motifs is 2. The molecule has 2 saturated heterocycles. The van der Waals surface area contributed by atoms with E-state index in [4.69, 9.17) is 11.6 Å². The molecule has 0 aliphatic carbocycles. The van der Waals surface area contributed by atoms with Gasteiger partial charge in [-0.2, -0.15) is 13.2 Å². The number of anilines is 3. The van der Waals surface area contributed by atoms with Crippen LogP contribution in [0.3, 0.4) is 0 Å². The molecule has 3 aliphatic heterocycles. The second-order valence-corrected chi connectivity index (χ2v) is 12.0. The topological polar surface area (TPSA) is 101 Å². The normalized spacial score (nSPS) is 21.6. The van der Waals surface area contributed by atoms with Crippen molar-refractivity contribution in [1.82, 2.24) is 14.8 Å². The van der Waals surface area contributed by atoms with Crippen LogP contribution in [0.15, 0.2) is 43.0 Å². The van der Waals surface area contributed by atoms with E-state index in [9.17, 15) is 32.7 Å². The van der Waals surface area contributed by atoms with Crippen molar-refractivity contribution in [3.8, 4) is 0 Å². The number of β-amino-alcohol motifs (C(OH)–C–C–N with tert-alkyl or cyclic N) is 1. The van der Waals surface area contributed by atoms with Gasteiger partial charge < -0.3 is 19.8 Å². The SMILES string of the molecule is C=CC(=O)N1CC(N(C)C[C@@H](O)CN2C[C@H]3CC(=O)N(c4cc(C(F)(F)F)cc(C)n4)[C@@H]3C(=O)N(C)c3cccc(Cl)c32)C1. The Balaban J connectivity index is 1.44. The Kier molecular flexibility index (Phi) is 8.67. The predicted octanol–water partition coefficient (Wildman–Crippen LogP) is 2.96. The van der Waals surface area contributed by atoms with E-state index < -0.39 is 41.6 Å². The minimum Gasteiger partial charge on any atom is -0.390 e. The Morgan fingerprint density at radius 2 is 1.95 bits per heavy atom. The number of aryl methyl sites for hydroxylation is 1. The van der Waals surface area contributed by atoms with Crippen LogP contribution >= 0.6 is 11.6 Å². The molecule has 10 nitrogen and oxygen atoms in total. The van der Waals surface area contributed by atoms with Crippen LogP contribution in [0.4, 0.5) is 30.4 Å². The molecule has 44 heavy (non-hydrogen) atoms. The third-order valence-electron chi connectivity index (χ3n) is 8.53. The van der Waals surface area contributed by atoms with Crippen molar-refractivity contribution in [2.45, 2.75) is 37.7 Å². The number of hydrogen-bond donors (Lipinski definition) is 1. The summed E-state index contributed by atoms with van der Waals surface area (Å²) in [5, 5.41) is 11.6. The van der Waals surface area contributed by atoms with Gasteiger partial charge in [-0.05, 0) is 44.3 Å². The van der Waals surface area contributed by atoms with Gasteiger partial charge in [0.2, 0.25) is 17.7 Å². The Morgan fingerprint density at radius 3 is 2.61 bits per heavy atom. The average Bonchev–Trinajstić information content (AvgIpc) is 3.24. The minimum absolute atomic E-state index is 0.0622. The molecule has 14 heteroatoms. The van der Waals surface area contributed by atoms with Gasteiger partial charge in [0.05, 0.1) is 28.1 Å². The number of carbonyl (C=O) groups excluding carboxylic acids is 3. The molecule has 5 rings (SSSR count). The smallest absolute Gasteiger partial charge is 0.390 e. The number of rotatable bonds is 7. The molecule has 4 heterocycles. The molecule has 1 aromatic heterocycles. The Bertz CT molecular complexity index is 1480. The van der Waals surface area contributed by atoms with Crippen LogP contribution in [0.2, 0.25) is 5.02 Å². The van der Waals surface area contributed by atoms with Crippen LogP contribution in [-0.2, 0) is 20.6 Å². The number of hydrogen-bond acceptors (Lipinski definition) is 7. The van der Waals surface area contributed by atoms with Gasteiger partial charge in [-0.25, -0.2) is 4.98 Å². The molecule has 3 atom stereocenters. The summed E-state index contributed by atoms with van der Waals surface area (Å²) in [7, 11) is 3.39. The van der Waals surface area contributed by atoms with Crippen molar-refractivity contribution >= 4 is 46.5 Å². The summed E-state index contributed by atoms with van der Waals surface area (Å²) in [5.74, 6) is -2.01. The number of aliphatic hydroxyl groups excluding tert-OH is 1. The van der Waals surface area contributed by atoms with Crippen LogP contribution in [0.5, 0.6) is 0 Å². The first-order valence-corrected chi connectivity index (χ1v) is 14.6. The first-order chi connectivity index (χ1) is 20.7. The van der Waals surface area contributed by atoms with Crippen molar-refractivity contribution in [3.63, 3.8) is 0 Å². The summed E-state index contributed by atoms with van der Waals surface area (Å²) in [6.45, 7) is 6.45. The average molecular weight is 635 g/mol. The molecule has 2 aromatic rings. The second-order valence-electron chi connectivity index (χ2n) is 11.6. The van der Waals surface area contributed by atoms with Crippen LogP contribution in [0.25, 0.3) is 0 Å². The highest BCUT2D eigenvalue weighted by Crippen LogP contribution is 2.43. The number of halogens is 4. The highest BCUT2D eigenvalue weighted by atomic mass is 35.5. The van der Waals surface area contributed by atoms with Gasteiger partial charge in [-0.15, -0.1) is 0 Å². The third-order valence-corrected chi connectivity index (χ3v) is 8.83. The Hall–Kier alpha value is -3.68. The van der Waals surface area contributed by atoms with Gasteiger partial charge in [0, 0.05) is 63.8 Å². The van der Waals surface area contributed by atoms with Gasteiger partial charge in [0.1, 0.15) is 11.9 Å². The molecule has 2 fully saturated rings. The number of benzene rings is 1. The van der Waals surface area contributed by atoms with E-state index in [2.05, 4.69) is 11.6 Å². The maximum absolute atomic E-state index is 14.0. The number of para-hydroxylation sites is 1. The lowest BCUT2D eigenvalue weighted by Gasteiger charge is -2.44. The number of alkyl halides is 3. The Labute approximate surface area is 258 Å². The van der Waals surface area contributed by atoms with Crippen molar-refractivity contribution in [1.29, 1.82) is 0 Å². The van der Waals surface area contributed by atoms with Crippen LogP contribution in [0.1, 0.15) is 17.7 Å². The molecule has 3 amide bonds. The fraction of sp³-hybridized carbons (Fsp3) is 0.467. The van der Waals surface area contributed by atoms with Gasteiger partial charge in [0.15, 0.2) is 0 Å². The maximum Gasteiger partial charge on any atom is 0.416 e. The number of aliphatic hydroxyl groups is 1. The summed E-state index contributed by atoms with van der Waals surface area (Å²) in [4.78, 5) is 51.3. The number of amides is 3. The molecule has 1 N–H and O–H groups in total. The van der Waals surface area contributed by atoms with E-state index in [1.54, 1.807) is 23.1 Å². The van der Waals surface area contributed by atoms with E-state index in [0.29, 0.717) is 29.5 Å². The zero-order valence-electron chi connectivity index (χ0n) is 24.6. The summed E-state index contributed by atoms with van der Waals surface area (Å²) in [6.07, 6.45) is -4.39. The van der Waals surface area contributed by atoms with E-state index in [1.807, 2.05) is 16.8 Å². The highest BCUT2D eigenvalue weighted by molar-refractivity contribution is 6.34. The number of nitrogens with zero attached hydrogens (tertiary/aromatic N) is 6. The maximum atomic E-state index is 14.0. The van der Waals surface area contributed by atoms with Crippen molar-refractivity contribution in [2.75, 3.05) is 61.5 Å². The van der Waals surface area contributed by atoms with Crippen LogP contribution < -0.4 is 14.7 Å². The van der Waals surface area contributed by atoms with Crippen molar-refractivity contribution < 1.29 is 32.7 Å². The molecule has 1 aromatic carbocycles. The minimum atomic E-state index is -4.67. The standard InChI is InChI=1S/C30H34ClF3N6O4/c1-5-25(42)38-13-20(14-38)36(3)15-21(41)16-39-12-18-10-26(43)40(24-11-19(30(32,33)34)9-17(2)35-24)27(18)29(44)37(4)23-8-6-7-22(31)28(23)39/h5-9,11,18,20-21,27,41H,1,10,12-16H2,2-4H3/t18-,21-,27+/m1/s1. The molecule has 3 aliphatic rings. The molecule has 0 spiro atoms. The highest BCUT2D eigenvalue weighted by Gasteiger charge is 2.49. The summed E-state index contributed by atoms with van der Waals surface area (Å²) >= 11 is 6.67. The fourth-order valence-electron chi connectivity index (χ4n) is 6.27. The number of carbonyl (C=O) groups is 3. The van der Waals surface area contributed by atoms with E-state index in [0.717, 1.165) is 17.0 Å². The van der Waals surface area contributed by atoms with Gasteiger partial charge in [-0.3, -0.25) is 24.2 Å². The van der Waals surface area contributed by atoms with Gasteiger partial charge >= 0.3 is 6.18 Å². The lowest BCUT2D eigenvalue weighted by atomic mass is 9.95. The molecule has 0 radical (unpaired) electrons. The van der Waals surface area contributed by atoms with Gasteiger partial charge in [-0.1, -0.05) is 24.2 Å². The monoisotopic (exact) mass is 634 g/mol. The van der Waals surface area contributed by atoms with Crippen molar-refractivity contribution in [3.05, 3.63) is 59.3 Å². The molecule has 236 valence electrons. The zero-order valence-corrected chi connectivity index (χ0v) is 25.3. The lowest BCUT2D eigenvalue weighted by molar-refractivity contribution is -0.137. The molecular formula is C30H34ClF3N6O4. The number of likely N-dealkylation sites (N-methyl/N-ethyl adjacent to an activating group) is 2. The molecule has 0 unspecified atom stereocenters. The largest absolute Gasteiger partial charge is 0.416 e. The lowest BCUT2D eigenvalue weighted by Crippen LogP contribution is -2.61. The van der Waals surface area contributed by atoms with E-state index in [1.165, 1.54) is 24.9 Å². The van der Waals surface area contributed by atoms with E-state index >= 15 is 0 Å². The summed E-state index contributed by atoms with van der Waals surface area (Å²) in [5.41, 5.74) is 0.0477. The first kappa shape index (κ1) is 31.7. The number of pyridine rings is 1. The van der Waals surface area contributed by atoms with Gasteiger partial charge in [0.25, 0.3) is 0 Å². The van der Waals surface area contributed by atoms with Crippen molar-refractivity contribution in [2.24, 2.45) is 5.92 Å². The molecular weight excluding hydrogens is 601 g/mol. The number of likely N-dealkylation sites (tertiary alicyclic amines) is 1. The Morgan fingerprint density at radius 1 is 1.25 bits per heavy atom. The second kappa shape index (κ2) is 12.0. The molecule has 0 saturated carbocycles. The molecule has 0 bridgehead atoms. The fourth-order valence-corrected chi connectivity index (χ4v) is 6.56. The summed E-state index contributed by atoms with van der Waals surface area (Å²) in [6, 6.07) is 5.67. The zero-order chi connectivity index (χ0) is 32.1. The quantitative estimate of drug-likeness (QED) is 0.468. The summed E-state index contributed by atoms with van der Waals surface area (Å²) < 4.78 is 41.0. The first-order valence-electron chi connectivity index (χ1n) is 14.2. The predicted molar refractivity (Wildman–Crippen MR) is 160 cm³/mol. The number of aromatic nitrogens is 1. The van der Waals surface area contributed by atoms with E-state index in [-0.39, 0.29) is 49.5 Å². The van der Waals surface area contributed by atoms with Crippen LogP contribution in [0, 0.1) is 12.8 Å². The van der Waals surface area contributed by atoms with Crippen LogP contribution in [-0.4, -0.2) is 103 Å². The third kappa shape index (κ3) is 6.00.